The first-order chi connectivity index (χ1) is 13.2. The van der Waals surface area contributed by atoms with Crippen molar-refractivity contribution < 1.29 is 18.3 Å². The summed E-state index contributed by atoms with van der Waals surface area (Å²) in [6.45, 7) is 1.94. The van der Waals surface area contributed by atoms with E-state index in [4.69, 9.17) is 28.9 Å². The monoisotopic (exact) mass is 440 g/mol. The van der Waals surface area contributed by atoms with Crippen LogP contribution >= 0.6 is 23.8 Å². The van der Waals surface area contributed by atoms with Crippen LogP contribution < -0.4 is 10.0 Å². The lowest BCUT2D eigenvalue weighted by atomic mass is 10.1. The molecule has 2 rings (SSSR count). The predicted molar refractivity (Wildman–Crippen MR) is 114 cm³/mol. The third-order valence-electron chi connectivity index (χ3n) is 3.89. The van der Waals surface area contributed by atoms with Gasteiger partial charge in [0.2, 0.25) is 10.0 Å². The quantitative estimate of drug-likeness (QED) is 0.512. The Labute approximate surface area is 175 Å². The molecule has 0 heterocycles. The van der Waals surface area contributed by atoms with Crippen LogP contribution in [0.4, 0.5) is 5.69 Å². The molecule has 0 aromatic heterocycles. The molecular weight excluding hydrogens is 420 g/mol. The van der Waals surface area contributed by atoms with Gasteiger partial charge >= 0.3 is 5.97 Å². The van der Waals surface area contributed by atoms with E-state index in [1.54, 1.807) is 24.3 Å². The van der Waals surface area contributed by atoms with E-state index in [1.165, 1.54) is 24.3 Å². The molecule has 0 bridgehead atoms. The van der Waals surface area contributed by atoms with E-state index >= 15 is 0 Å². The lowest BCUT2D eigenvalue weighted by Gasteiger charge is -2.20. The molecule has 1 atom stereocenters. The van der Waals surface area contributed by atoms with Crippen LogP contribution in [0.3, 0.4) is 0 Å². The van der Waals surface area contributed by atoms with Crippen molar-refractivity contribution in [2.45, 2.75) is 37.1 Å². The predicted octanol–water partition coefficient (Wildman–Crippen LogP) is 3.85. The Kier molecular flexibility index (Phi) is 7.94. The standard InChI is InChI=1S/C19H21ClN2O4S2/c1-2-3-17(22-28(25,26)16-10-6-14(20)7-11-16)19(27)21-15-8-4-13(5-9-15)12-18(23)24/h4-11,17,22H,2-3,12H2,1H3,(H,21,27)(H,23,24)/t17-/m0/s1. The van der Waals surface area contributed by atoms with E-state index in [2.05, 4.69) is 10.0 Å². The normalized spacial score (nSPS) is 12.4. The summed E-state index contributed by atoms with van der Waals surface area (Å²) in [4.78, 5) is 11.2. The number of carboxylic acids is 1. The van der Waals surface area contributed by atoms with E-state index in [9.17, 15) is 13.2 Å². The van der Waals surface area contributed by atoms with E-state index in [0.717, 1.165) is 6.42 Å². The number of carboxylic acid groups (broad SMARTS) is 1. The fourth-order valence-electron chi connectivity index (χ4n) is 2.51. The Bertz CT molecular complexity index is 929. The molecule has 0 aliphatic rings. The van der Waals surface area contributed by atoms with Gasteiger partial charge in [0.1, 0.15) is 0 Å². The van der Waals surface area contributed by atoms with Gasteiger partial charge < -0.3 is 10.4 Å². The molecule has 150 valence electrons. The van der Waals surface area contributed by atoms with Crippen LogP contribution in [0.2, 0.25) is 5.02 Å². The number of anilines is 1. The lowest BCUT2D eigenvalue weighted by molar-refractivity contribution is -0.136. The largest absolute Gasteiger partial charge is 0.481 e. The summed E-state index contributed by atoms with van der Waals surface area (Å²) in [7, 11) is -3.76. The molecule has 0 fully saturated rings. The molecule has 28 heavy (non-hydrogen) atoms. The Morgan fingerprint density at radius 1 is 1.14 bits per heavy atom. The van der Waals surface area contributed by atoms with Gasteiger partial charge in [-0.25, -0.2) is 13.1 Å². The highest BCUT2D eigenvalue weighted by Crippen LogP contribution is 2.17. The number of nitrogens with one attached hydrogen (secondary N) is 2. The van der Waals surface area contributed by atoms with Gasteiger partial charge in [0.15, 0.2) is 0 Å². The summed E-state index contributed by atoms with van der Waals surface area (Å²) in [5.41, 5.74) is 1.32. The summed E-state index contributed by atoms with van der Waals surface area (Å²) in [6.07, 6.45) is 1.19. The number of aliphatic carboxylic acids is 1. The Hall–Kier alpha value is -2.00. The molecule has 0 saturated carbocycles. The average Bonchev–Trinajstić information content (AvgIpc) is 2.63. The van der Waals surface area contributed by atoms with Crippen LogP contribution in [0.5, 0.6) is 0 Å². The summed E-state index contributed by atoms with van der Waals surface area (Å²) in [6, 6.07) is 12.1. The first-order valence-electron chi connectivity index (χ1n) is 8.60. The number of thiocarbonyl (C=S) groups is 1. The number of hydrogen-bond donors (Lipinski definition) is 3. The molecule has 3 N–H and O–H groups in total. The van der Waals surface area contributed by atoms with Crippen molar-refractivity contribution in [3.63, 3.8) is 0 Å². The maximum Gasteiger partial charge on any atom is 0.307 e. The number of rotatable bonds is 9. The van der Waals surface area contributed by atoms with Crippen molar-refractivity contribution >= 4 is 50.5 Å². The van der Waals surface area contributed by atoms with E-state index in [0.29, 0.717) is 27.7 Å². The molecule has 2 aromatic rings. The minimum absolute atomic E-state index is 0.0654. The van der Waals surface area contributed by atoms with Gasteiger partial charge in [-0.05, 0) is 48.4 Å². The van der Waals surface area contributed by atoms with Crippen LogP contribution in [-0.2, 0) is 21.2 Å². The highest BCUT2D eigenvalue weighted by atomic mass is 35.5. The number of benzene rings is 2. The molecule has 0 aliphatic carbocycles. The Morgan fingerprint density at radius 2 is 1.75 bits per heavy atom. The maximum absolute atomic E-state index is 12.6. The molecule has 0 aliphatic heterocycles. The van der Waals surface area contributed by atoms with Crippen LogP contribution in [-0.4, -0.2) is 30.5 Å². The van der Waals surface area contributed by atoms with Crippen molar-refractivity contribution in [1.82, 2.24) is 4.72 Å². The Morgan fingerprint density at radius 3 is 2.29 bits per heavy atom. The number of hydrogen-bond acceptors (Lipinski definition) is 4. The van der Waals surface area contributed by atoms with Gasteiger partial charge in [0, 0.05) is 10.7 Å². The van der Waals surface area contributed by atoms with Crippen molar-refractivity contribution in [2.75, 3.05) is 5.32 Å². The lowest BCUT2D eigenvalue weighted by Crippen LogP contribution is -2.42. The topological polar surface area (TPSA) is 95.5 Å². The van der Waals surface area contributed by atoms with Crippen molar-refractivity contribution in [1.29, 1.82) is 0 Å². The first kappa shape index (κ1) is 22.3. The first-order valence-corrected chi connectivity index (χ1v) is 10.9. The third-order valence-corrected chi connectivity index (χ3v) is 6.02. The molecule has 6 nitrogen and oxygen atoms in total. The fraction of sp³-hybridized carbons (Fsp3) is 0.263. The van der Waals surface area contributed by atoms with E-state index in [-0.39, 0.29) is 11.3 Å². The molecule has 9 heteroatoms. The molecular formula is C19H21ClN2O4S2. The maximum atomic E-state index is 12.6. The van der Waals surface area contributed by atoms with Crippen LogP contribution in [0.15, 0.2) is 53.4 Å². The zero-order valence-electron chi connectivity index (χ0n) is 15.2. The molecule has 2 aromatic carbocycles. The van der Waals surface area contributed by atoms with Gasteiger partial charge in [-0.3, -0.25) is 4.79 Å². The molecule has 0 spiro atoms. The minimum atomic E-state index is -3.76. The van der Waals surface area contributed by atoms with Gasteiger partial charge in [-0.1, -0.05) is 49.3 Å². The third kappa shape index (κ3) is 6.56. The van der Waals surface area contributed by atoms with Gasteiger partial charge in [-0.2, -0.15) is 0 Å². The summed E-state index contributed by atoms with van der Waals surface area (Å²) in [5.74, 6) is -0.907. The smallest absolute Gasteiger partial charge is 0.307 e. The fourth-order valence-corrected chi connectivity index (χ4v) is 4.25. The van der Waals surface area contributed by atoms with Gasteiger partial charge in [0.25, 0.3) is 0 Å². The zero-order valence-corrected chi connectivity index (χ0v) is 17.6. The number of halogens is 1. The zero-order chi connectivity index (χ0) is 20.7. The number of sulfonamides is 1. The van der Waals surface area contributed by atoms with Crippen LogP contribution in [0, 0.1) is 0 Å². The van der Waals surface area contributed by atoms with Crippen molar-refractivity contribution in [2.24, 2.45) is 0 Å². The highest BCUT2D eigenvalue weighted by molar-refractivity contribution is 7.89. The van der Waals surface area contributed by atoms with Crippen LogP contribution in [0.1, 0.15) is 25.3 Å². The molecule has 0 radical (unpaired) electrons. The van der Waals surface area contributed by atoms with E-state index < -0.39 is 22.0 Å². The van der Waals surface area contributed by atoms with Crippen molar-refractivity contribution in [3.8, 4) is 0 Å². The second kappa shape index (κ2) is 9.97. The average molecular weight is 441 g/mol. The molecule has 0 amide bonds. The van der Waals surface area contributed by atoms with Crippen molar-refractivity contribution in [3.05, 3.63) is 59.1 Å². The summed E-state index contributed by atoms with van der Waals surface area (Å²) < 4.78 is 27.9. The highest BCUT2D eigenvalue weighted by Gasteiger charge is 2.23. The minimum Gasteiger partial charge on any atom is -0.481 e. The summed E-state index contributed by atoms with van der Waals surface area (Å²) >= 11 is 11.2. The van der Waals surface area contributed by atoms with Crippen LogP contribution in [0.25, 0.3) is 0 Å². The molecule has 0 unspecified atom stereocenters. The Balaban J connectivity index is 2.10. The second-order valence-electron chi connectivity index (χ2n) is 6.17. The second-order valence-corrected chi connectivity index (χ2v) is 8.76. The van der Waals surface area contributed by atoms with Gasteiger partial charge in [-0.15, -0.1) is 0 Å². The van der Waals surface area contributed by atoms with Gasteiger partial charge in [0.05, 0.1) is 22.3 Å². The van der Waals surface area contributed by atoms with E-state index in [1.807, 2.05) is 6.92 Å². The summed E-state index contributed by atoms with van der Waals surface area (Å²) in [5, 5.41) is 12.3. The SMILES string of the molecule is CCC[C@H](NS(=O)(=O)c1ccc(Cl)cc1)C(=S)Nc1ccc(CC(=O)O)cc1. The molecule has 0 saturated heterocycles. The number of carbonyl (C=O) groups is 1.